The molecule has 1 aliphatic rings. The largest absolute Gasteiger partial charge is 0.337 e. The summed E-state index contributed by atoms with van der Waals surface area (Å²) in [5, 5.41) is 0. The number of hydrogen-bond acceptors (Lipinski definition) is 3. The SMILES string of the molecule is CCN(C(=O)[C@H](C)N)C1CCCN(Cc2ccccc2)C1. The molecule has 2 N–H and O–H groups in total. The van der Waals surface area contributed by atoms with Crippen LogP contribution in [0.1, 0.15) is 32.3 Å². The van der Waals surface area contributed by atoms with Crippen LogP contribution < -0.4 is 5.73 Å². The van der Waals surface area contributed by atoms with Gasteiger partial charge in [-0.15, -0.1) is 0 Å². The molecule has 1 aromatic carbocycles. The van der Waals surface area contributed by atoms with Crippen LogP contribution in [0.15, 0.2) is 30.3 Å². The number of piperidine rings is 1. The predicted octanol–water partition coefficient (Wildman–Crippen LogP) is 1.85. The van der Waals surface area contributed by atoms with E-state index in [-0.39, 0.29) is 5.91 Å². The highest BCUT2D eigenvalue weighted by Gasteiger charge is 2.28. The minimum Gasteiger partial charge on any atom is -0.337 e. The van der Waals surface area contributed by atoms with Gasteiger partial charge in [0.2, 0.25) is 5.91 Å². The van der Waals surface area contributed by atoms with Crippen LogP contribution in [0.2, 0.25) is 0 Å². The Morgan fingerprint density at radius 2 is 2.14 bits per heavy atom. The van der Waals surface area contributed by atoms with Gasteiger partial charge in [-0.3, -0.25) is 9.69 Å². The highest BCUT2D eigenvalue weighted by molar-refractivity contribution is 5.81. The van der Waals surface area contributed by atoms with Gasteiger partial charge in [-0.05, 0) is 38.8 Å². The zero-order chi connectivity index (χ0) is 15.2. The summed E-state index contributed by atoms with van der Waals surface area (Å²) in [7, 11) is 0. The lowest BCUT2D eigenvalue weighted by Crippen LogP contribution is -2.53. The minimum atomic E-state index is -0.408. The highest BCUT2D eigenvalue weighted by Crippen LogP contribution is 2.18. The van der Waals surface area contributed by atoms with Crippen molar-refractivity contribution >= 4 is 5.91 Å². The number of likely N-dealkylation sites (tertiary alicyclic amines) is 1. The Hall–Kier alpha value is -1.39. The molecule has 0 saturated carbocycles. The first-order valence-electron chi connectivity index (χ1n) is 7.94. The third-order valence-electron chi connectivity index (χ3n) is 4.18. The minimum absolute atomic E-state index is 0.0732. The van der Waals surface area contributed by atoms with Crippen molar-refractivity contribution in [1.82, 2.24) is 9.80 Å². The van der Waals surface area contributed by atoms with Gasteiger partial charge in [0.15, 0.2) is 0 Å². The molecule has 0 spiro atoms. The van der Waals surface area contributed by atoms with E-state index in [2.05, 4.69) is 29.2 Å². The Labute approximate surface area is 127 Å². The summed E-state index contributed by atoms with van der Waals surface area (Å²) in [6, 6.07) is 10.4. The maximum absolute atomic E-state index is 12.2. The summed E-state index contributed by atoms with van der Waals surface area (Å²) in [6.07, 6.45) is 2.22. The van der Waals surface area contributed by atoms with E-state index >= 15 is 0 Å². The van der Waals surface area contributed by atoms with E-state index in [1.54, 1.807) is 6.92 Å². The lowest BCUT2D eigenvalue weighted by atomic mass is 10.0. The molecule has 1 amide bonds. The van der Waals surface area contributed by atoms with Crippen LogP contribution >= 0.6 is 0 Å². The summed E-state index contributed by atoms with van der Waals surface area (Å²) >= 11 is 0. The van der Waals surface area contributed by atoms with Crippen LogP contribution in [0.4, 0.5) is 0 Å². The Balaban J connectivity index is 1.98. The number of likely N-dealkylation sites (N-methyl/N-ethyl adjacent to an activating group) is 1. The second kappa shape index (κ2) is 7.57. The van der Waals surface area contributed by atoms with E-state index in [1.165, 1.54) is 5.56 Å². The van der Waals surface area contributed by atoms with E-state index in [9.17, 15) is 4.79 Å². The summed E-state index contributed by atoms with van der Waals surface area (Å²) in [4.78, 5) is 16.6. The molecule has 1 unspecified atom stereocenters. The molecule has 1 aromatic rings. The standard InChI is InChI=1S/C17H27N3O/c1-3-20(17(21)14(2)18)16-10-7-11-19(13-16)12-15-8-5-4-6-9-15/h4-6,8-9,14,16H,3,7,10-13,18H2,1-2H3/t14-,16?/m0/s1. The molecule has 0 aliphatic carbocycles. The van der Waals surface area contributed by atoms with Crippen LogP contribution in [0.25, 0.3) is 0 Å². The van der Waals surface area contributed by atoms with Crippen LogP contribution in [0.5, 0.6) is 0 Å². The van der Waals surface area contributed by atoms with Crippen LogP contribution in [-0.4, -0.2) is 47.4 Å². The third kappa shape index (κ3) is 4.29. The molecule has 116 valence electrons. The molecule has 0 bridgehead atoms. The van der Waals surface area contributed by atoms with Gasteiger partial charge in [-0.25, -0.2) is 0 Å². The fourth-order valence-electron chi connectivity index (χ4n) is 3.13. The van der Waals surface area contributed by atoms with Crippen molar-refractivity contribution in [2.24, 2.45) is 5.73 Å². The quantitative estimate of drug-likeness (QED) is 0.900. The number of amides is 1. The molecule has 1 fully saturated rings. The van der Waals surface area contributed by atoms with E-state index in [0.717, 1.165) is 39.0 Å². The van der Waals surface area contributed by atoms with Gasteiger partial charge in [0.05, 0.1) is 6.04 Å². The molecular formula is C17H27N3O. The monoisotopic (exact) mass is 289 g/mol. The molecule has 1 aliphatic heterocycles. The fraction of sp³-hybridized carbons (Fsp3) is 0.588. The van der Waals surface area contributed by atoms with Crippen molar-refractivity contribution in [3.05, 3.63) is 35.9 Å². The zero-order valence-electron chi connectivity index (χ0n) is 13.2. The first-order chi connectivity index (χ1) is 10.1. The van der Waals surface area contributed by atoms with E-state index < -0.39 is 6.04 Å². The molecule has 1 heterocycles. The highest BCUT2D eigenvalue weighted by atomic mass is 16.2. The molecular weight excluding hydrogens is 262 g/mol. The van der Waals surface area contributed by atoms with E-state index in [4.69, 9.17) is 5.73 Å². The smallest absolute Gasteiger partial charge is 0.239 e. The summed E-state index contributed by atoms with van der Waals surface area (Å²) < 4.78 is 0. The number of nitrogens with two attached hydrogens (primary N) is 1. The lowest BCUT2D eigenvalue weighted by molar-refractivity contribution is -0.135. The Morgan fingerprint density at radius 3 is 2.76 bits per heavy atom. The number of nitrogens with zero attached hydrogens (tertiary/aromatic N) is 2. The van der Waals surface area contributed by atoms with Gasteiger partial charge in [-0.2, -0.15) is 0 Å². The fourth-order valence-corrected chi connectivity index (χ4v) is 3.13. The molecule has 4 nitrogen and oxygen atoms in total. The number of carbonyl (C=O) groups is 1. The second-order valence-corrected chi connectivity index (χ2v) is 5.93. The number of rotatable bonds is 5. The number of benzene rings is 1. The zero-order valence-corrected chi connectivity index (χ0v) is 13.2. The molecule has 2 atom stereocenters. The Morgan fingerprint density at radius 1 is 1.43 bits per heavy atom. The van der Waals surface area contributed by atoms with Crippen molar-refractivity contribution in [1.29, 1.82) is 0 Å². The maximum Gasteiger partial charge on any atom is 0.239 e. The predicted molar refractivity (Wildman–Crippen MR) is 85.8 cm³/mol. The summed E-state index contributed by atoms with van der Waals surface area (Å²) in [6.45, 7) is 7.56. The van der Waals surface area contributed by atoms with Gasteiger partial charge in [0.1, 0.15) is 0 Å². The number of carbonyl (C=O) groups excluding carboxylic acids is 1. The van der Waals surface area contributed by atoms with Gasteiger partial charge >= 0.3 is 0 Å². The van der Waals surface area contributed by atoms with Crippen molar-refractivity contribution in [3.63, 3.8) is 0 Å². The van der Waals surface area contributed by atoms with Gasteiger partial charge in [-0.1, -0.05) is 30.3 Å². The van der Waals surface area contributed by atoms with Crippen molar-refractivity contribution in [3.8, 4) is 0 Å². The van der Waals surface area contributed by atoms with Crippen LogP contribution in [-0.2, 0) is 11.3 Å². The first-order valence-corrected chi connectivity index (χ1v) is 7.94. The topological polar surface area (TPSA) is 49.6 Å². The Kier molecular flexibility index (Phi) is 5.76. The molecule has 1 saturated heterocycles. The van der Waals surface area contributed by atoms with Crippen LogP contribution in [0, 0.1) is 0 Å². The maximum atomic E-state index is 12.2. The molecule has 4 heteroatoms. The lowest BCUT2D eigenvalue weighted by Gasteiger charge is -2.39. The normalized spacial score (nSPS) is 21.0. The summed E-state index contributed by atoms with van der Waals surface area (Å²) in [5.74, 6) is 0.0732. The molecule has 0 radical (unpaired) electrons. The molecule has 0 aromatic heterocycles. The molecule has 2 rings (SSSR count). The molecule has 21 heavy (non-hydrogen) atoms. The second-order valence-electron chi connectivity index (χ2n) is 5.93. The number of hydrogen-bond donors (Lipinski definition) is 1. The van der Waals surface area contributed by atoms with E-state index in [0.29, 0.717) is 6.04 Å². The van der Waals surface area contributed by atoms with Gasteiger partial charge in [0, 0.05) is 25.7 Å². The van der Waals surface area contributed by atoms with Crippen molar-refractivity contribution in [2.75, 3.05) is 19.6 Å². The third-order valence-corrected chi connectivity index (χ3v) is 4.18. The summed E-state index contributed by atoms with van der Waals surface area (Å²) in [5.41, 5.74) is 7.11. The van der Waals surface area contributed by atoms with Crippen molar-refractivity contribution in [2.45, 2.75) is 45.3 Å². The first kappa shape index (κ1) is 16.0. The Bertz CT molecular complexity index is 447. The van der Waals surface area contributed by atoms with E-state index in [1.807, 2.05) is 17.9 Å². The van der Waals surface area contributed by atoms with Gasteiger partial charge in [0.25, 0.3) is 0 Å². The van der Waals surface area contributed by atoms with Crippen molar-refractivity contribution < 1.29 is 4.79 Å². The average Bonchev–Trinajstić information content (AvgIpc) is 2.49. The average molecular weight is 289 g/mol. The van der Waals surface area contributed by atoms with Gasteiger partial charge < -0.3 is 10.6 Å². The van der Waals surface area contributed by atoms with Crippen LogP contribution in [0.3, 0.4) is 0 Å².